The molecule has 1 aromatic rings. The summed E-state index contributed by atoms with van der Waals surface area (Å²) in [6, 6.07) is 0. The number of thiazole rings is 1. The van der Waals surface area contributed by atoms with Crippen LogP contribution in [0.2, 0.25) is 0 Å². The number of hydrogen-bond donors (Lipinski definition) is 2. The van der Waals surface area contributed by atoms with E-state index in [1.54, 1.807) is 11.3 Å². The minimum absolute atomic E-state index is 0.0988. The number of carbonyl (C=O) groups is 1. The molecule has 0 unspecified atom stereocenters. The molecule has 20 heavy (non-hydrogen) atoms. The number of carbonyl (C=O) groups excluding carboxylic acids is 1. The molecule has 0 aromatic carbocycles. The SMILES string of the molecule is NCCCCCCC(=O)Nc1nc2c(s1)CCCCC2. The normalized spacial score (nSPS) is 14.7. The molecule has 1 aliphatic rings. The highest BCUT2D eigenvalue weighted by Crippen LogP contribution is 2.28. The van der Waals surface area contributed by atoms with E-state index in [0.29, 0.717) is 6.42 Å². The Balaban J connectivity index is 1.74. The average molecular weight is 295 g/mol. The number of rotatable bonds is 7. The van der Waals surface area contributed by atoms with Crippen molar-refractivity contribution in [3.8, 4) is 0 Å². The molecule has 0 fully saturated rings. The molecule has 0 atom stereocenters. The molecule has 112 valence electrons. The maximum absolute atomic E-state index is 11.9. The third-order valence-corrected chi connectivity index (χ3v) is 4.77. The summed E-state index contributed by atoms with van der Waals surface area (Å²) in [6.45, 7) is 0.747. The Morgan fingerprint density at radius 1 is 1.15 bits per heavy atom. The van der Waals surface area contributed by atoms with Crippen molar-refractivity contribution in [2.24, 2.45) is 5.73 Å². The van der Waals surface area contributed by atoms with Crippen molar-refractivity contribution in [1.82, 2.24) is 4.98 Å². The largest absolute Gasteiger partial charge is 0.330 e. The van der Waals surface area contributed by atoms with Gasteiger partial charge in [-0.05, 0) is 45.1 Å². The summed E-state index contributed by atoms with van der Waals surface area (Å²) in [5.74, 6) is 0.0988. The van der Waals surface area contributed by atoms with Crippen molar-refractivity contribution in [3.63, 3.8) is 0 Å². The third kappa shape index (κ3) is 4.87. The minimum atomic E-state index is 0.0988. The topological polar surface area (TPSA) is 68.0 Å². The van der Waals surface area contributed by atoms with Gasteiger partial charge in [0, 0.05) is 11.3 Å². The van der Waals surface area contributed by atoms with Gasteiger partial charge in [0.05, 0.1) is 5.69 Å². The van der Waals surface area contributed by atoms with Gasteiger partial charge in [0.25, 0.3) is 0 Å². The molecule has 1 heterocycles. The van der Waals surface area contributed by atoms with Gasteiger partial charge in [0.1, 0.15) is 0 Å². The number of aromatic nitrogens is 1. The van der Waals surface area contributed by atoms with E-state index in [1.807, 2.05) is 0 Å². The fraction of sp³-hybridized carbons (Fsp3) is 0.733. The predicted molar refractivity (Wildman–Crippen MR) is 84.1 cm³/mol. The van der Waals surface area contributed by atoms with Gasteiger partial charge >= 0.3 is 0 Å². The van der Waals surface area contributed by atoms with Gasteiger partial charge in [0.2, 0.25) is 5.91 Å². The molecule has 0 saturated heterocycles. The molecule has 0 bridgehead atoms. The van der Waals surface area contributed by atoms with Crippen LogP contribution in [0.5, 0.6) is 0 Å². The van der Waals surface area contributed by atoms with Gasteiger partial charge in [-0.15, -0.1) is 11.3 Å². The van der Waals surface area contributed by atoms with Gasteiger partial charge in [-0.3, -0.25) is 4.79 Å². The van der Waals surface area contributed by atoms with Crippen molar-refractivity contribution in [2.75, 3.05) is 11.9 Å². The second-order valence-electron chi connectivity index (χ2n) is 5.45. The number of aryl methyl sites for hydroxylation is 2. The molecule has 3 N–H and O–H groups in total. The van der Waals surface area contributed by atoms with Gasteiger partial charge < -0.3 is 11.1 Å². The highest BCUT2D eigenvalue weighted by molar-refractivity contribution is 7.15. The second kappa shape index (κ2) is 8.37. The first kappa shape index (κ1) is 15.4. The molecule has 2 rings (SSSR count). The molecular formula is C15H25N3OS. The summed E-state index contributed by atoms with van der Waals surface area (Å²) in [7, 11) is 0. The number of nitrogens with zero attached hydrogens (tertiary/aromatic N) is 1. The van der Waals surface area contributed by atoms with E-state index < -0.39 is 0 Å². The Bertz CT molecular complexity index is 407. The smallest absolute Gasteiger partial charge is 0.226 e. The monoisotopic (exact) mass is 295 g/mol. The van der Waals surface area contributed by atoms with Crippen LogP contribution in [-0.2, 0) is 17.6 Å². The summed E-state index contributed by atoms with van der Waals surface area (Å²) in [6.07, 6.45) is 10.8. The molecule has 0 saturated carbocycles. The van der Waals surface area contributed by atoms with Gasteiger partial charge in [-0.2, -0.15) is 0 Å². The van der Waals surface area contributed by atoms with Crippen molar-refractivity contribution in [3.05, 3.63) is 10.6 Å². The van der Waals surface area contributed by atoms with Gasteiger partial charge in [-0.25, -0.2) is 4.98 Å². The molecule has 0 aliphatic heterocycles. The highest BCUT2D eigenvalue weighted by atomic mass is 32.1. The fourth-order valence-electron chi connectivity index (χ4n) is 2.55. The van der Waals surface area contributed by atoms with Crippen LogP contribution < -0.4 is 11.1 Å². The first-order valence-electron chi connectivity index (χ1n) is 7.78. The molecular weight excluding hydrogens is 270 g/mol. The fourth-order valence-corrected chi connectivity index (χ4v) is 3.61. The van der Waals surface area contributed by atoms with Crippen LogP contribution in [0.3, 0.4) is 0 Å². The van der Waals surface area contributed by atoms with Crippen LogP contribution in [0.1, 0.15) is 61.9 Å². The lowest BCUT2D eigenvalue weighted by Crippen LogP contribution is -2.11. The third-order valence-electron chi connectivity index (χ3n) is 3.70. The number of anilines is 1. The van der Waals surface area contributed by atoms with Crippen LogP contribution in [-0.4, -0.2) is 17.4 Å². The number of amides is 1. The number of hydrogen-bond acceptors (Lipinski definition) is 4. The molecule has 4 nitrogen and oxygen atoms in total. The molecule has 1 aromatic heterocycles. The van der Waals surface area contributed by atoms with Crippen LogP contribution in [0, 0.1) is 0 Å². The highest BCUT2D eigenvalue weighted by Gasteiger charge is 2.15. The molecule has 5 heteroatoms. The first-order chi connectivity index (χ1) is 9.79. The molecule has 0 spiro atoms. The first-order valence-corrected chi connectivity index (χ1v) is 8.59. The minimum Gasteiger partial charge on any atom is -0.330 e. The zero-order chi connectivity index (χ0) is 14.2. The van der Waals surface area contributed by atoms with Crippen molar-refractivity contribution in [1.29, 1.82) is 0 Å². The van der Waals surface area contributed by atoms with Crippen molar-refractivity contribution in [2.45, 2.75) is 64.2 Å². The van der Waals surface area contributed by atoms with E-state index in [0.717, 1.165) is 50.2 Å². The standard InChI is InChI=1S/C15H25N3OS/c16-11-7-2-1-6-10-14(19)18-15-17-12-8-4-3-5-9-13(12)20-15/h1-11,16H2,(H,17,18,19). The van der Waals surface area contributed by atoms with E-state index in [4.69, 9.17) is 5.73 Å². The summed E-state index contributed by atoms with van der Waals surface area (Å²) in [4.78, 5) is 17.8. The number of nitrogens with one attached hydrogen (secondary N) is 1. The number of fused-ring (bicyclic) bond motifs is 1. The molecule has 1 amide bonds. The zero-order valence-electron chi connectivity index (χ0n) is 12.1. The van der Waals surface area contributed by atoms with E-state index in [2.05, 4.69) is 10.3 Å². The lowest BCUT2D eigenvalue weighted by Gasteiger charge is -2.01. The lowest BCUT2D eigenvalue weighted by molar-refractivity contribution is -0.116. The lowest BCUT2D eigenvalue weighted by atomic mass is 10.1. The number of nitrogens with two attached hydrogens (primary N) is 1. The Kier molecular flexibility index (Phi) is 6.47. The van der Waals surface area contributed by atoms with E-state index in [9.17, 15) is 4.79 Å². The maximum Gasteiger partial charge on any atom is 0.226 e. The Hall–Kier alpha value is -0.940. The summed E-state index contributed by atoms with van der Waals surface area (Å²) >= 11 is 1.66. The summed E-state index contributed by atoms with van der Waals surface area (Å²) < 4.78 is 0. The Labute approximate surface area is 125 Å². The van der Waals surface area contributed by atoms with Crippen LogP contribution in [0.4, 0.5) is 5.13 Å². The maximum atomic E-state index is 11.9. The van der Waals surface area contributed by atoms with Gasteiger partial charge in [0.15, 0.2) is 5.13 Å². The predicted octanol–water partition coefficient (Wildman–Crippen LogP) is 3.26. The average Bonchev–Trinajstić information content (AvgIpc) is 2.67. The van der Waals surface area contributed by atoms with Crippen molar-refractivity contribution < 1.29 is 4.79 Å². The van der Waals surface area contributed by atoms with Gasteiger partial charge in [-0.1, -0.05) is 19.3 Å². The van der Waals surface area contributed by atoms with E-state index in [-0.39, 0.29) is 5.91 Å². The summed E-state index contributed by atoms with van der Waals surface area (Å²) in [5.41, 5.74) is 6.66. The van der Waals surface area contributed by atoms with Crippen molar-refractivity contribution >= 4 is 22.4 Å². The van der Waals surface area contributed by atoms with E-state index >= 15 is 0 Å². The zero-order valence-corrected chi connectivity index (χ0v) is 12.9. The number of unbranched alkanes of at least 4 members (excludes halogenated alkanes) is 3. The Morgan fingerprint density at radius 3 is 2.80 bits per heavy atom. The Morgan fingerprint density at radius 2 is 1.95 bits per heavy atom. The second-order valence-corrected chi connectivity index (χ2v) is 6.53. The van der Waals surface area contributed by atoms with Crippen LogP contribution in [0.15, 0.2) is 0 Å². The quantitative estimate of drug-likeness (QED) is 0.599. The molecule has 1 aliphatic carbocycles. The van der Waals surface area contributed by atoms with Crippen LogP contribution in [0.25, 0.3) is 0 Å². The van der Waals surface area contributed by atoms with Crippen LogP contribution >= 0.6 is 11.3 Å². The van der Waals surface area contributed by atoms with E-state index in [1.165, 1.54) is 29.8 Å². The molecule has 0 radical (unpaired) electrons. The summed E-state index contributed by atoms with van der Waals surface area (Å²) in [5, 5.41) is 3.75.